The molecule has 7 rings (SSSR count). The fourth-order valence-corrected chi connectivity index (χ4v) is 7.14. The van der Waals surface area contributed by atoms with Crippen molar-refractivity contribution < 1.29 is 0 Å². The topological polar surface area (TPSA) is 0 Å². The number of rotatable bonds is 7. The van der Waals surface area contributed by atoms with Crippen molar-refractivity contribution in [2.24, 2.45) is 0 Å². The van der Waals surface area contributed by atoms with Crippen molar-refractivity contribution in [3.8, 4) is 22.3 Å². The van der Waals surface area contributed by atoms with E-state index < -0.39 is 0 Å². The highest BCUT2D eigenvalue weighted by Gasteiger charge is 2.16. The van der Waals surface area contributed by atoms with Crippen LogP contribution >= 0.6 is 13.5 Å². The van der Waals surface area contributed by atoms with E-state index in [-0.39, 0.29) is 13.5 Å². The van der Waals surface area contributed by atoms with E-state index in [1.165, 1.54) is 88.0 Å². The Morgan fingerprint density at radius 1 is 0.609 bits per heavy atom. The minimum absolute atomic E-state index is 0. The minimum Gasteiger partial charge on any atom is -0.197 e. The number of hydrogen-bond acceptors (Lipinski definition) is 0. The molecule has 7 aromatic carbocycles. The van der Waals surface area contributed by atoms with Gasteiger partial charge in [0, 0.05) is 0 Å². The van der Waals surface area contributed by atoms with E-state index in [1.807, 2.05) is 6.08 Å². The lowest BCUT2D eigenvalue weighted by Gasteiger charge is -2.19. The molecule has 7 aromatic rings. The predicted molar refractivity (Wildman–Crippen MR) is 207 cm³/mol. The first kappa shape index (κ1) is 31.1. The fourth-order valence-electron chi connectivity index (χ4n) is 7.14. The molecule has 0 heterocycles. The molecule has 0 aromatic heterocycles. The molecular weight excluding hydrogens is 573 g/mol. The molecule has 0 saturated heterocycles. The maximum absolute atomic E-state index is 4.00. The van der Waals surface area contributed by atoms with Crippen LogP contribution in [0.15, 0.2) is 146 Å². The fraction of sp³-hybridized carbons (Fsp3) is 0.111. The average Bonchev–Trinajstić information content (AvgIpc) is 3.07. The summed E-state index contributed by atoms with van der Waals surface area (Å²) in [4.78, 5) is 0. The monoisotopic (exact) mass is 612 g/mol. The second kappa shape index (κ2) is 13.3. The van der Waals surface area contributed by atoms with Gasteiger partial charge in [-0.1, -0.05) is 147 Å². The van der Waals surface area contributed by atoms with Crippen molar-refractivity contribution in [2.45, 2.75) is 33.6 Å². The Balaban J connectivity index is 0.00000372. The van der Waals surface area contributed by atoms with Gasteiger partial charge >= 0.3 is 0 Å². The molecule has 1 heteroatoms. The van der Waals surface area contributed by atoms with Crippen LogP contribution in [0.1, 0.15) is 41.2 Å². The first-order valence-electron chi connectivity index (χ1n) is 16.0. The summed E-state index contributed by atoms with van der Waals surface area (Å²) in [6.07, 6.45) is 6.12. The van der Waals surface area contributed by atoms with Crippen LogP contribution in [0.25, 0.3) is 60.1 Å². The van der Waals surface area contributed by atoms with Gasteiger partial charge in [0.05, 0.1) is 0 Å². The molecule has 226 valence electrons. The van der Waals surface area contributed by atoms with Crippen molar-refractivity contribution in [1.82, 2.24) is 0 Å². The summed E-state index contributed by atoms with van der Waals surface area (Å²) < 4.78 is 0. The highest BCUT2D eigenvalue weighted by Crippen LogP contribution is 2.41. The van der Waals surface area contributed by atoms with Crippen LogP contribution in [-0.4, -0.2) is 0 Å². The first-order valence-corrected chi connectivity index (χ1v) is 16.0. The van der Waals surface area contributed by atoms with E-state index in [0.29, 0.717) is 0 Å². The predicted octanol–water partition coefficient (Wildman–Crippen LogP) is 12.8. The van der Waals surface area contributed by atoms with Crippen LogP contribution < -0.4 is 0 Å². The Morgan fingerprint density at radius 2 is 1.30 bits per heavy atom. The second-order valence-electron chi connectivity index (χ2n) is 12.1. The summed E-state index contributed by atoms with van der Waals surface area (Å²) >= 11 is 0. The van der Waals surface area contributed by atoms with E-state index in [4.69, 9.17) is 0 Å². The molecule has 0 aliphatic rings. The van der Waals surface area contributed by atoms with Crippen molar-refractivity contribution in [1.29, 1.82) is 0 Å². The molecule has 0 saturated carbocycles. The third-order valence-corrected chi connectivity index (χ3v) is 9.23. The normalized spacial score (nSPS) is 11.6. The van der Waals surface area contributed by atoms with Crippen LogP contribution in [0.3, 0.4) is 0 Å². The zero-order valence-electron chi connectivity index (χ0n) is 26.9. The molecule has 0 fully saturated rings. The average molecular weight is 613 g/mol. The lowest BCUT2D eigenvalue weighted by Crippen LogP contribution is -1.96. The Bertz CT molecular complexity index is 2270. The third kappa shape index (κ3) is 5.57. The Kier molecular flexibility index (Phi) is 8.97. The van der Waals surface area contributed by atoms with Crippen LogP contribution in [0, 0.1) is 13.8 Å². The summed E-state index contributed by atoms with van der Waals surface area (Å²) in [6, 6.07) is 47.1. The largest absolute Gasteiger partial charge is 0.197 e. The molecule has 0 nitrogen and oxygen atoms in total. The highest BCUT2D eigenvalue weighted by atomic mass is 32.1. The summed E-state index contributed by atoms with van der Waals surface area (Å²) in [5, 5.41) is 7.79. The van der Waals surface area contributed by atoms with Gasteiger partial charge in [0.25, 0.3) is 0 Å². The minimum atomic E-state index is 0. The quantitative estimate of drug-likeness (QED) is 0.124. The molecule has 0 radical (unpaired) electrons. The summed E-state index contributed by atoms with van der Waals surface area (Å²) in [6.45, 7) is 10.7. The van der Waals surface area contributed by atoms with E-state index in [0.717, 1.165) is 12.8 Å². The molecule has 0 unspecified atom stereocenters. The molecule has 0 atom stereocenters. The molecule has 0 N–H and O–H groups in total. The van der Waals surface area contributed by atoms with Crippen LogP contribution in [0.2, 0.25) is 0 Å². The second-order valence-corrected chi connectivity index (χ2v) is 12.1. The van der Waals surface area contributed by atoms with E-state index in [1.54, 1.807) is 0 Å². The van der Waals surface area contributed by atoms with Crippen LogP contribution in [0.4, 0.5) is 0 Å². The summed E-state index contributed by atoms with van der Waals surface area (Å²) in [5.74, 6) is 0. The van der Waals surface area contributed by atoms with Gasteiger partial charge in [-0.2, -0.15) is 13.5 Å². The zero-order valence-corrected chi connectivity index (χ0v) is 27.9. The molecular formula is C45H40S. The molecule has 0 bridgehead atoms. The highest BCUT2D eigenvalue weighted by molar-refractivity contribution is 7.59. The number of hydrogen-bond donors (Lipinski definition) is 0. The smallest absolute Gasteiger partial charge is 0.00696 e. The Labute approximate surface area is 280 Å². The van der Waals surface area contributed by atoms with Crippen molar-refractivity contribution in [3.05, 3.63) is 174 Å². The lowest BCUT2D eigenvalue weighted by atomic mass is 9.85. The molecule has 0 aliphatic heterocycles. The first-order chi connectivity index (χ1) is 22.1. The van der Waals surface area contributed by atoms with Gasteiger partial charge in [-0.25, -0.2) is 0 Å². The van der Waals surface area contributed by atoms with Gasteiger partial charge in [0.1, 0.15) is 0 Å². The molecule has 0 spiro atoms. The van der Waals surface area contributed by atoms with E-state index in [2.05, 4.69) is 161 Å². The number of fused-ring (bicyclic) bond motifs is 4. The van der Waals surface area contributed by atoms with Gasteiger partial charge in [0.2, 0.25) is 0 Å². The van der Waals surface area contributed by atoms with Crippen molar-refractivity contribution in [2.75, 3.05) is 0 Å². The third-order valence-electron chi connectivity index (χ3n) is 9.23. The van der Waals surface area contributed by atoms with Gasteiger partial charge in [-0.05, 0) is 120 Å². The summed E-state index contributed by atoms with van der Waals surface area (Å²) in [5.41, 5.74) is 12.9. The standard InChI is InChI=1S/C45H38.H2S/c1-5-13-38(37-17-9-7-15-30(37)3)35-25-23-33-29-36(26-24-32(33)28-35)39-19-11-20-42(41(39)14-6-2)44-22-12-21-43-40-18-10-8-16-34(40)27-31(4)45(43)44;/h5,7-13,15-29H,1,6,14H2,2-4H3;1H2/b38-13-;. The van der Waals surface area contributed by atoms with E-state index in [9.17, 15) is 0 Å². The zero-order chi connectivity index (χ0) is 30.9. The van der Waals surface area contributed by atoms with Gasteiger partial charge < -0.3 is 0 Å². The van der Waals surface area contributed by atoms with Crippen LogP contribution in [0.5, 0.6) is 0 Å². The lowest BCUT2D eigenvalue weighted by molar-refractivity contribution is 0.925. The summed E-state index contributed by atoms with van der Waals surface area (Å²) in [7, 11) is 0. The number of benzene rings is 7. The van der Waals surface area contributed by atoms with Gasteiger partial charge in [-0.15, -0.1) is 0 Å². The van der Waals surface area contributed by atoms with Crippen LogP contribution in [-0.2, 0) is 6.42 Å². The molecule has 0 amide bonds. The number of aryl methyl sites for hydroxylation is 2. The molecule has 0 aliphatic carbocycles. The maximum atomic E-state index is 4.00. The Hall–Kier alpha value is -4.85. The Morgan fingerprint density at radius 3 is 2.13 bits per heavy atom. The SMILES string of the molecule is C=C/C=C(/c1ccc2cc(-c3cccc(-c4cccc5c4c(C)cc4ccccc45)c3CCC)ccc2c1)c1ccccc1C.S. The van der Waals surface area contributed by atoms with Gasteiger partial charge in [-0.3, -0.25) is 0 Å². The molecule has 46 heavy (non-hydrogen) atoms. The van der Waals surface area contributed by atoms with Gasteiger partial charge in [0.15, 0.2) is 0 Å². The maximum Gasteiger partial charge on any atom is -0.00696 e. The van der Waals surface area contributed by atoms with Crippen molar-refractivity contribution >= 4 is 51.4 Å². The van der Waals surface area contributed by atoms with Crippen molar-refractivity contribution in [3.63, 3.8) is 0 Å². The number of allylic oxidation sites excluding steroid dienone is 2. The van der Waals surface area contributed by atoms with E-state index >= 15 is 0 Å².